The molecule has 1 saturated heterocycles. The first kappa shape index (κ1) is 17.3. The lowest BCUT2D eigenvalue weighted by Gasteiger charge is -2.34. The van der Waals surface area contributed by atoms with Crippen LogP contribution in [-0.2, 0) is 4.74 Å². The van der Waals surface area contributed by atoms with Crippen molar-refractivity contribution in [2.75, 3.05) is 24.6 Å². The smallest absolute Gasteiger partial charge is 0.424 e. The zero-order valence-electron chi connectivity index (χ0n) is 14.8. The molecule has 0 saturated carbocycles. The maximum absolute atomic E-state index is 11.9. The van der Waals surface area contributed by atoms with Crippen LogP contribution in [0.4, 0.5) is 10.5 Å². The molecule has 1 atom stereocenters. The number of amides is 1. The number of nitrogens with zero attached hydrogens (tertiary/aromatic N) is 2. The van der Waals surface area contributed by atoms with E-state index in [-0.39, 0.29) is 12.1 Å². The summed E-state index contributed by atoms with van der Waals surface area (Å²) in [5, 5.41) is 1.57. The third kappa shape index (κ3) is 4.31. The Bertz CT molecular complexity index is 676. The second-order valence-electron chi connectivity index (χ2n) is 6.44. The fraction of sp³-hybridized carbons (Fsp3) is 0.350. The molecule has 1 aliphatic rings. The molecule has 0 aromatic heterocycles. The van der Waals surface area contributed by atoms with Gasteiger partial charge in [0.2, 0.25) is 0 Å². The molecule has 0 radical (unpaired) electrons. The van der Waals surface area contributed by atoms with Crippen molar-refractivity contribution in [3.05, 3.63) is 66.2 Å². The van der Waals surface area contributed by atoms with Gasteiger partial charge >= 0.3 is 6.09 Å². The number of para-hydroxylation sites is 1. The van der Waals surface area contributed by atoms with E-state index >= 15 is 0 Å². The van der Waals surface area contributed by atoms with Gasteiger partial charge in [0.25, 0.3) is 0 Å². The fourth-order valence-electron chi connectivity index (χ4n) is 3.04. The number of rotatable bonds is 7. The van der Waals surface area contributed by atoms with E-state index in [1.165, 1.54) is 5.69 Å². The summed E-state index contributed by atoms with van der Waals surface area (Å²) in [5.41, 5.74) is 5.67. The van der Waals surface area contributed by atoms with E-state index < -0.39 is 0 Å². The summed E-state index contributed by atoms with van der Waals surface area (Å²) in [4.78, 5) is 14.2. The molecule has 132 valence electrons. The number of nitrogens with one attached hydrogen (secondary N) is 1. The molecule has 5 nitrogen and oxygen atoms in total. The molecule has 1 heterocycles. The summed E-state index contributed by atoms with van der Waals surface area (Å²) in [6.07, 6.45) is -0.309. The van der Waals surface area contributed by atoms with Crippen molar-refractivity contribution < 1.29 is 9.53 Å². The first-order valence-corrected chi connectivity index (χ1v) is 8.72. The molecule has 25 heavy (non-hydrogen) atoms. The minimum atomic E-state index is -0.309. The minimum Gasteiger partial charge on any atom is -0.447 e. The molecular weight excluding hydrogens is 314 g/mol. The maximum atomic E-state index is 11.9. The highest BCUT2D eigenvalue weighted by Gasteiger charge is 2.27. The Hall–Kier alpha value is -2.53. The summed E-state index contributed by atoms with van der Waals surface area (Å²) in [5.74, 6) is 0. The van der Waals surface area contributed by atoms with Crippen molar-refractivity contribution >= 4 is 11.8 Å². The summed E-state index contributed by atoms with van der Waals surface area (Å²) in [7, 11) is 0. The van der Waals surface area contributed by atoms with Gasteiger partial charge in [-0.15, -0.1) is 0 Å². The quantitative estimate of drug-likeness (QED) is 0.837. The SMILES string of the molecule is CC(C)N(C[C@H](NN1CCOC1=O)c1ccccc1)c1ccccc1. The second kappa shape index (κ2) is 8.03. The number of ether oxygens (including phenoxy) is 1. The summed E-state index contributed by atoms with van der Waals surface area (Å²) in [6, 6.07) is 20.9. The molecule has 5 heteroatoms. The molecule has 0 spiro atoms. The second-order valence-corrected chi connectivity index (χ2v) is 6.44. The van der Waals surface area contributed by atoms with Gasteiger partial charge in [-0.1, -0.05) is 48.5 Å². The lowest BCUT2D eigenvalue weighted by Crippen LogP contribution is -2.46. The van der Waals surface area contributed by atoms with Gasteiger partial charge in [-0.05, 0) is 31.5 Å². The lowest BCUT2D eigenvalue weighted by atomic mass is 10.1. The van der Waals surface area contributed by atoms with E-state index in [9.17, 15) is 4.79 Å². The molecule has 1 fully saturated rings. The predicted octanol–water partition coefficient (Wildman–Crippen LogP) is 3.60. The highest BCUT2D eigenvalue weighted by Crippen LogP contribution is 2.23. The van der Waals surface area contributed by atoms with Crippen molar-refractivity contribution in [2.45, 2.75) is 25.9 Å². The Morgan fingerprint density at radius 1 is 1.08 bits per heavy atom. The third-order valence-electron chi connectivity index (χ3n) is 4.36. The van der Waals surface area contributed by atoms with E-state index in [0.29, 0.717) is 19.2 Å². The summed E-state index contributed by atoms with van der Waals surface area (Å²) >= 11 is 0. The molecule has 0 unspecified atom stereocenters. The van der Waals surface area contributed by atoms with Crippen LogP contribution in [0.15, 0.2) is 60.7 Å². The normalized spacial score (nSPS) is 15.3. The van der Waals surface area contributed by atoms with Crippen LogP contribution in [0.3, 0.4) is 0 Å². The topological polar surface area (TPSA) is 44.8 Å². The molecule has 2 aromatic carbocycles. The summed E-state index contributed by atoms with van der Waals surface area (Å²) in [6.45, 7) is 6.10. The van der Waals surface area contributed by atoms with Crippen molar-refractivity contribution in [1.29, 1.82) is 0 Å². The zero-order valence-corrected chi connectivity index (χ0v) is 14.8. The number of anilines is 1. The third-order valence-corrected chi connectivity index (χ3v) is 4.36. The number of carbonyl (C=O) groups is 1. The number of hydrazine groups is 1. The van der Waals surface area contributed by atoms with Crippen molar-refractivity contribution in [2.24, 2.45) is 0 Å². The first-order valence-electron chi connectivity index (χ1n) is 8.72. The van der Waals surface area contributed by atoms with Crippen LogP contribution < -0.4 is 10.3 Å². The molecule has 1 N–H and O–H groups in total. The van der Waals surface area contributed by atoms with Gasteiger partial charge in [-0.25, -0.2) is 15.2 Å². The van der Waals surface area contributed by atoms with Gasteiger partial charge in [-0.2, -0.15) is 0 Å². The Labute approximate surface area is 149 Å². The van der Waals surface area contributed by atoms with Gasteiger partial charge in [0.05, 0.1) is 12.6 Å². The van der Waals surface area contributed by atoms with Crippen LogP contribution in [0, 0.1) is 0 Å². The minimum absolute atomic E-state index is 0.0190. The first-order chi connectivity index (χ1) is 12.1. The van der Waals surface area contributed by atoms with Crippen LogP contribution >= 0.6 is 0 Å². The average molecular weight is 339 g/mol. The standard InChI is InChI=1S/C20H25N3O2/c1-16(2)22(18-11-7-4-8-12-18)15-19(17-9-5-3-6-10-17)21-23-13-14-25-20(23)24/h3-12,16,19,21H,13-15H2,1-2H3/t19-/m0/s1. The van der Waals surface area contributed by atoms with E-state index in [2.05, 4.69) is 48.4 Å². The van der Waals surface area contributed by atoms with Crippen LogP contribution in [0.5, 0.6) is 0 Å². The maximum Gasteiger partial charge on any atom is 0.424 e. The van der Waals surface area contributed by atoms with E-state index in [0.717, 1.165) is 12.1 Å². The van der Waals surface area contributed by atoms with Gasteiger partial charge < -0.3 is 9.64 Å². The highest BCUT2D eigenvalue weighted by atomic mass is 16.6. The molecule has 1 aliphatic heterocycles. The van der Waals surface area contributed by atoms with Crippen LogP contribution in [-0.4, -0.2) is 36.8 Å². The van der Waals surface area contributed by atoms with Gasteiger partial charge in [0.1, 0.15) is 6.61 Å². The van der Waals surface area contributed by atoms with E-state index in [1.807, 2.05) is 36.4 Å². The van der Waals surface area contributed by atoms with E-state index in [1.54, 1.807) is 5.01 Å². The van der Waals surface area contributed by atoms with Crippen LogP contribution in [0.2, 0.25) is 0 Å². The lowest BCUT2D eigenvalue weighted by molar-refractivity contribution is 0.138. The highest BCUT2D eigenvalue weighted by molar-refractivity contribution is 5.68. The van der Waals surface area contributed by atoms with Gasteiger partial charge in [-0.3, -0.25) is 0 Å². The predicted molar refractivity (Wildman–Crippen MR) is 99.3 cm³/mol. The monoisotopic (exact) mass is 339 g/mol. The number of hydrogen-bond acceptors (Lipinski definition) is 4. The average Bonchev–Trinajstić information content (AvgIpc) is 3.04. The Kier molecular flexibility index (Phi) is 5.56. The van der Waals surface area contributed by atoms with Gasteiger partial charge in [0.15, 0.2) is 0 Å². The Morgan fingerprint density at radius 2 is 1.72 bits per heavy atom. The molecular formula is C20H25N3O2. The molecule has 1 amide bonds. The van der Waals surface area contributed by atoms with Gasteiger partial charge in [0, 0.05) is 18.3 Å². The Morgan fingerprint density at radius 3 is 2.28 bits per heavy atom. The number of carbonyl (C=O) groups excluding carboxylic acids is 1. The molecule has 3 rings (SSSR count). The summed E-state index contributed by atoms with van der Waals surface area (Å²) < 4.78 is 5.05. The van der Waals surface area contributed by atoms with Crippen molar-refractivity contribution in [3.63, 3.8) is 0 Å². The van der Waals surface area contributed by atoms with Crippen molar-refractivity contribution in [3.8, 4) is 0 Å². The van der Waals surface area contributed by atoms with Crippen LogP contribution in [0.25, 0.3) is 0 Å². The molecule has 0 bridgehead atoms. The molecule has 0 aliphatic carbocycles. The van der Waals surface area contributed by atoms with Crippen molar-refractivity contribution in [1.82, 2.24) is 10.4 Å². The number of benzene rings is 2. The Balaban J connectivity index is 1.84. The largest absolute Gasteiger partial charge is 0.447 e. The number of cyclic esters (lactones) is 1. The number of hydrogen-bond donors (Lipinski definition) is 1. The van der Waals surface area contributed by atoms with Crippen LogP contribution in [0.1, 0.15) is 25.5 Å². The zero-order chi connectivity index (χ0) is 17.6. The fourth-order valence-corrected chi connectivity index (χ4v) is 3.04. The molecule has 2 aromatic rings. The van der Waals surface area contributed by atoms with E-state index in [4.69, 9.17) is 4.74 Å².